The van der Waals surface area contributed by atoms with Gasteiger partial charge in [-0.05, 0) is 6.42 Å². The summed E-state index contributed by atoms with van der Waals surface area (Å²) in [7, 11) is -3.08. The standard InChI is InChI=1S/C8H16N2O2S/c1-4-8(5-2)9-6-7-10-13(3,11)12/h1,8-10H,5-7H2,2-3H3. The normalized spacial score (nSPS) is 13.6. The summed E-state index contributed by atoms with van der Waals surface area (Å²) in [6.45, 7) is 2.90. The van der Waals surface area contributed by atoms with E-state index < -0.39 is 10.0 Å². The summed E-state index contributed by atoms with van der Waals surface area (Å²) in [5.41, 5.74) is 0. The van der Waals surface area contributed by atoms with Crippen LogP contribution in [0.3, 0.4) is 0 Å². The third kappa shape index (κ3) is 7.78. The molecular weight excluding hydrogens is 188 g/mol. The molecule has 0 spiro atoms. The van der Waals surface area contributed by atoms with Crippen LogP contribution in [-0.4, -0.2) is 33.8 Å². The van der Waals surface area contributed by atoms with Gasteiger partial charge in [0.1, 0.15) is 0 Å². The Labute approximate surface area is 80.2 Å². The van der Waals surface area contributed by atoms with Gasteiger partial charge in [-0.1, -0.05) is 12.8 Å². The summed E-state index contributed by atoms with van der Waals surface area (Å²) in [6, 6.07) is 0.0290. The zero-order valence-corrected chi connectivity index (χ0v) is 8.82. The fraction of sp³-hybridized carbons (Fsp3) is 0.750. The van der Waals surface area contributed by atoms with Gasteiger partial charge in [0.2, 0.25) is 10.0 Å². The van der Waals surface area contributed by atoms with Crippen molar-refractivity contribution in [1.82, 2.24) is 10.0 Å². The predicted molar refractivity (Wildman–Crippen MR) is 53.8 cm³/mol. The Morgan fingerprint density at radius 2 is 2.08 bits per heavy atom. The van der Waals surface area contributed by atoms with Crippen LogP contribution in [0, 0.1) is 12.3 Å². The van der Waals surface area contributed by atoms with E-state index in [1.165, 1.54) is 0 Å². The summed E-state index contributed by atoms with van der Waals surface area (Å²) in [5.74, 6) is 2.56. The molecule has 0 bridgehead atoms. The third-order valence-electron chi connectivity index (χ3n) is 1.49. The maximum absolute atomic E-state index is 10.6. The number of hydrogen-bond donors (Lipinski definition) is 2. The van der Waals surface area contributed by atoms with Gasteiger partial charge < -0.3 is 5.32 Å². The summed E-state index contributed by atoms with van der Waals surface area (Å²) in [4.78, 5) is 0. The largest absolute Gasteiger partial charge is 0.302 e. The van der Waals surface area contributed by atoms with Gasteiger partial charge in [-0.25, -0.2) is 13.1 Å². The van der Waals surface area contributed by atoms with Gasteiger partial charge in [-0.3, -0.25) is 0 Å². The van der Waals surface area contributed by atoms with Crippen LogP contribution in [0.2, 0.25) is 0 Å². The number of nitrogens with one attached hydrogen (secondary N) is 2. The molecule has 0 radical (unpaired) electrons. The molecule has 0 aromatic rings. The van der Waals surface area contributed by atoms with Crippen LogP contribution < -0.4 is 10.0 Å². The van der Waals surface area contributed by atoms with Crippen molar-refractivity contribution in [3.63, 3.8) is 0 Å². The van der Waals surface area contributed by atoms with Crippen molar-refractivity contribution < 1.29 is 8.42 Å². The SMILES string of the molecule is C#CC(CC)NCCNS(C)(=O)=O. The average Bonchev–Trinajstić information content (AvgIpc) is 2.03. The predicted octanol–water partition coefficient (Wildman–Crippen LogP) is -0.463. The van der Waals surface area contributed by atoms with Gasteiger partial charge in [-0.2, -0.15) is 0 Å². The van der Waals surface area contributed by atoms with Crippen LogP contribution in [-0.2, 0) is 10.0 Å². The Kier molecular flexibility index (Phi) is 5.71. The van der Waals surface area contributed by atoms with E-state index in [4.69, 9.17) is 6.42 Å². The van der Waals surface area contributed by atoms with E-state index in [0.29, 0.717) is 13.1 Å². The number of rotatable bonds is 6. The van der Waals surface area contributed by atoms with Crippen LogP contribution in [0.15, 0.2) is 0 Å². The van der Waals surface area contributed by atoms with Crippen molar-refractivity contribution in [2.75, 3.05) is 19.3 Å². The highest BCUT2D eigenvalue weighted by Crippen LogP contribution is 1.85. The van der Waals surface area contributed by atoms with Gasteiger partial charge in [0.05, 0.1) is 12.3 Å². The van der Waals surface area contributed by atoms with Crippen LogP contribution in [0.1, 0.15) is 13.3 Å². The Hall–Kier alpha value is -0.570. The molecular formula is C8H16N2O2S. The Bertz CT molecular complexity index is 266. The minimum Gasteiger partial charge on any atom is -0.302 e. The molecule has 0 heterocycles. The molecule has 0 amide bonds. The smallest absolute Gasteiger partial charge is 0.208 e. The van der Waals surface area contributed by atoms with E-state index in [2.05, 4.69) is 16.0 Å². The molecule has 4 nitrogen and oxygen atoms in total. The maximum Gasteiger partial charge on any atom is 0.208 e. The van der Waals surface area contributed by atoms with Crippen LogP contribution in [0.25, 0.3) is 0 Å². The Morgan fingerprint density at radius 1 is 1.46 bits per heavy atom. The van der Waals surface area contributed by atoms with Crippen molar-refractivity contribution in [1.29, 1.82) is 0 Å². The summed E-state index contributed by atoms with van der Waals surface area (Å²) in [6.07, 6.45) is 7.17. The van der Waals surface area contributed by atoms with Gasteiger partial charge in [0.25, 0.3) is 0 Å². The van der Waals surface area contributed by atoms with Gasteiger partial charge >= 0.3 is 0 Å². The lowest BCUT2D eigenvalue weighted by atomic mass is 10.2. The molecule has 0 aromatic heterocycles. The molecule has 1 atom stereocenters. The van der Waals surface area contributed by atoms with E-state index in [1.807, 2.05) is 6.92 Å². The third-order valence-corrected chi connectivity index (χ3v) is 2.22. The fourth-order valence-corrected chi connectivity index (χ4v) is 1.28. The highest BCUT2D eigenvalue weighted by atomic mass is 32.2. The van der Waals surface area contributed by atoms with Crippen LogP contribution in [0.5, 0.6) is 0 Å². The molecule has 5 heteroatoms. The molecule has 0 saturated carbocycles. The van der Waals surface area contributed by atoms with Gasteiger partial charge in [-0.15, -0.1) is 6.42 Å². The number of terminal acetylenes is 1. The molecule has 76 valence electrons. The second kappa shape index (κ2) is 5.97. The molecule has 1 unspecified atom stereocenters. The zero-order chi connectivity index (χ0) is 10.3. The van der Waals surface area contributed by atoms with E-state index in [-0.39, 0.29) is 6.04 Å². The first-order valence-corrected chi connectivity index (χ1v) is 6.03. The molecule has 0 aliphatic heterocycles. The number of sulfonamides is 1. The molecule has 13 heavy (non-hydrogen) atoms. The van der Waals surface area contributed by atoms with Gasteiger partial charge in [0.15, 0.2) is 0 Å². The Morgan fingerprint density at radius 3 is 2.46 bits per heavy atom. The molecule has 0 aliphatic carbocycles. The summed E-state index contributed by atoms with van der Waals surface area (Å²) in [5, 5.41) is 3.03. The molecule has 0 aromatic carbocycles. The van der Waals surface area contributed by atoms with E-state index in [0.717, 1.165) is 12.7 Å². The molecule has 0 saturated heterocycles. The molecule has 0 aliphatic rings. The van der Waals surface area contributed by atoms with E-state index in [9.17, 15) is 8.42 Å². The first kappa shape index (κ1) is 12.4. The van der Waals surface area contributed by atoms with Crippen LogP contribution >= 0.6 is 0 Å². The highest BCUT2D eigenvalue weighted by molar-refractivity contribution is 7.88. The minimum absolute atomic E-state index is 0.0290. The quantitative estimate of drug-likeness (QED) is 0.454. The molecule has 2 N–H and O–H groups in total. The summed E-state index contributed by atoms with van der Waals surface area (Å²) >= 11 is 0. The second-order valence-electron chi connectivity index (χ2n) is 2.75. The van der Waals surface area contributed by atoms with Gasteiger partial charge in [0, 0.05) is 13.1 Å². The topological polar surface area (TPSA) is 58.2 Å². The minimum atomic E-state index is -3.08. The average molecular weight is 204 g/mol. The monoisotopic (exact) mass is 204 g/mol. The van der Waals surface area contributed by atoms with Crippen molar-refractivity contribution in [3.05, 3.63) is 0 Å². The first-order valence-electron chi connectivity index (χ1n) is 4.13. The van der Waals surface area contributed by atoms with Crippen molar-refractivity contribution >= 4 is 10.0 Å². The lowest BCUT2D eigenvalue weighted by Crippen LogP contribution is -2.35. The first-order chi connectivity index (χ1) is 5.99. The highest BCUT2D eigenvalue weighted by Gasteiger charge is 2.01. The van der Waals surface area contributed by atoms with Crippen molar-refractivity contribution in [2.45, 2.75) is 19.4 Å². The lowest BCUT2D eigenvalue weighted by molar-refractivity contribution is 0.566. The zero-order valence-electron chi connectivity index (χ0n) is 8.00. The van der Waals surface area contributed by atoms with E-state index in [1.54, 1.807) is 0 Å². The van der Waals surface area contributed by atoms with Crippen molar-refractivity contribution in [3.8, 4) is 12.3 Å². The Balaban J connectivity index is 3.53. The molecule has 0 rings (SSSR count). The lowest BCUT2D eigenvalue weighted by Gasteiger charge is -2.09. The number of hydrogen-bond acceptors (Lipinski definition) is 3. The maximum atomic E-state index is 10.6. The fourth-order valence-electron chi connectivity index (χ4n) is 0.804. The molecule has 0 fully saturated rings. The van der Waals surface area contributed by atoms with Crippen LogP contribution in [0.4, 0.5) is 0 Å². The summed E-state index contributed by atoms with van der Waals surface area (Å²) < 4.78 is 23.6. The van der Waals surface area contributed by atoms with E-state index >= 15 is 0 Å². The second-order valence-corrected chi connectivity index (χ2v) is 4.58. The van der Waals surface area contributed by atoms with Crippen molar-refractivity contribution in [2.24, 2.45) is 0 Å².